The van der Waals surface area contributed by atoms with Gasteiger partial charge >= 0.3 is 5.97 Å². The van der Waals surface area contributed by atoms with Crippen molar-refractivity contribution in [1.82, 2.24) is 0 Å². The van der Waals surface area contributed by atoms with Crippen molar-refractivity contribution in [2.45, 2.75) is 30.6 Å². The molecule has 0 heterocycles. The third-order valence-corrected chi connectivity index (χ3v) is 4.26. The van der Waals surface area contributed by atoms with E-state index in [1.54, 1.807) is 21.6 Å². The lowest BCUT2D eigenvalue weighted by Crippen LogP contribution is -2.45. The van der Waals surface area contributed by atoms with Crippen molar-refractivity contribution in [1.29, 1.82) is 0 Å². The first-order valence-corrected chi connectivity index (χ1v) is 6.98. The monoisotopic (exact) mass is 238 g/mol. The minimum absolute atomic E-state index is 0.284. The van der Waals surface area contributed by atoms with Crippen LogP contribution in [0.1, 0.15) is 19.8 Å². The van der Waals surface area contributed by atoms with E-state index in [2.05, 4.69) is 0 Å². The standard InChI is InChI=1S/C8H18N2O2S2/c1-8(10,7(11)12)4-3-6(5-9)14-13-2/h6H,3-5,9-10H2,1-2H3,(H,11,12)/t6-,8?/m0/s1. The van der Waals surface area contributed by atoms with Gasteiger partial charge in [-0.15, -0.1) is 0 Å². The summed E-state index contributed by atoms with van der Waals surface area (Å²) < 4.78 is 0. The summed E-state index contributed by atoms with van der Waals surface area (Å²) in [5, 5.41) is 9.07. The van der Waals surface area contributed by atoms with Crippen molar-refractivity contribution in [3.63, 3.8) is 0 Å². The van der Waals surface area contributed by atoms with E-state index in [1.165, 1.54) is 6.92 Å². The Labute approximate surface area is 92.6 Å². The molecular formula is C8H18N2O2S2. The molecule has 14 heavy (non-hydrogen) atoms. The largest absolute Gasteiger partial charge is 0.480 e. The second-order valence-electron chi connectivity index (χ2n) is 3.38. The lowest BCUT2D eigenvalue weighted by Gasteiger charge is -2.21. The van der Waals surface area contributed by atoms with Crippen molar-refractivity contribution in [3.8, 4) is 0 Å². The molecule has 0 rings (SSSR count). The number of nitrogens with two attached hydrogens (primary N) is 2. The Kier molecular flexibility index (Phi) is 6.59. The summed E-state index contributed by atoms with van der Waals surface area (Å²) in [6.07, 6.45) is 3.17. The number of hydrogen-bond donors (Lipinski definition) is 3. The number of hydrogen-bond acceptors (Lipinski definition) is 5. The van der Waals surface area contributed by atoms with Crippen LogP contribution < -0.4 is 11.5 Å². The average molecular weight is 238 g/mol. The Bertz CT molecular complexity index is 188. The summed E-state index contributed by atoms with van der Waals surface area (Å²) in [6.45, 7) is 2.09. The maximum absolute atomic E-state index is 10.7. The zero-order chi connectivity index (χ0) is 11.2. The molecule has 0 bridgehead atoms. The minimum Gasteiger partial charge on any atom is -0.480 e. The molecule has 0 aromatic rings. The summed E-state index contributed by atoms with van der Waals surface area (Å²) in [6, 6.07) is 0. The molecule has 0 spiro atoms. The first-order chi connectivity index (χ1) is 6.44. The van der Waals surface area contributed by atoms with Gasteiger partial charge in [-0.3, -0.25) is 4.79 Å². The maximum atomic E-state index is 10.7. The molecule has 0 aliphatic carbocycles. The van der Waals surface area contributed by atoms with Crippen molar-refractivity contribution in [2.24, 2.45) is 11.5 Å². The van der Waals surface area contributed by atoms with Crippen molar-refractivity contribution in [2.75, 3.05) is 12.8 Å². The van der Waals surface area contributed by atoms with Crippen LogP contribution in [0.3, 0.4) is 0 Å². The summed E-state index contributed by atoms with van der Waals surface area (Å²) in [4.78, 5) is 10.7. The predicted molar refractivity (Wildman–Crippen MR) is 63.4 cm³/mol. The van der Waals surface area contributed by atoms with Gasteiger partial charge in [0.1, 0.15) is 5.54 Å². The van der Waals surface area contributed by atoms with Gasteiger partial charge in [0.15, 0.2) is 0 Å². The fourth-order valence-corrected chi connectivity index (χ4v) is 2.81. The smallest absolute Gasteiger partial charge is 0.323 e. The van der Waals surface area contributed by atoms with Gasteiger partial charge in [0.2, 0.25) is 0 Å². The molecule has 0 aliphatic heterocycles. The van der Waals surface area contributed by atoms with Crippen LogP contribution in [0.25, 0.3) is 0 Å². The fourth-order valence-electron chi connectivity index (χ4n) is 0.909. The van der Waals surface area contributed by atoms with Crippen molar-refractivity contribution < 1.29 is 9.90 Å². The first kappa shape index (κ1) is 14.1. The number of aliphatic carboxylic acids is 1. The van der Waals surface area contributed by atoms with Crippen molar-refractivity contribution >= 4 is 27.6 Å². The molecule has 1 unspecified atom stereocenters. The number of rotatable bonds is 7. The summed E-state index contributed by atoms with van der Waals surface area (Å²) >= 11 is 0. The third kappa shape index (κ3) is 5.09. The van der Waals surface area contributed by atoms with Gasteiger partial charge in [-0.25, -0.2) is 0 Å². The van der Waals surface area contributed by atoms with E-state index in [0.29, 0.717) is 13.0 Å². The molecule has 0 amide bonds. The molecule has 0 aromatic carbocycles. The second kappa shape index (κ2) is 6.55. The molecule has 84 valence electrons. The van der Waals surface area contributed by atoms with E-state index < -0.39 is 11.5 Å². The summed E-state index contributed by atoms with van der Waals surface area (Å²) in [5.41, 5.74) is 10.0. The Morgan fingerprint density at radius 3 is 2.57 bits per heavy atom. The number of carboxylic acid groups (broad SMARTS) is 1. The highest BCUT2D eigenvalue weighted by atomic mass is 33.1. The van der Waals surface area contributed by atoms with Gasteiger partial charge in [0.05, 0.1) is 0 Å². The van der Waals surface area contributed by atoms with Crippen LogP contribution in [0.5, 0.6) is 0 Å². The molecule has 6 heteroatoms. The molecular weight excluding hydrogens is 220 g/mol. The molecule has 0 fully saturated rings. The summed E-state index contributed by atoms with van der Waals surface area (Å²) in [7, 11) is 3.31. The molecule has 0 aromatic heterocycles. The maximum Gasteiger partial charge on any atom is 0.323 e. The average Bonchev–Trinajstić information content (AvgIpc) is 2.12. The van der Waals surface area contributed by atoms with Crippen LogP contribution in [0, 0.1) is 0 Å². The Morgan fingerprint density at radius 2 is 2.21 bits per heavy atom. The molecule has 0 saturated heterocycles. The zero-order valence-electron chi connectivity index (χ0n) is 8.53. The highest BCUT2D eigenvalue weighted by molar-refractivity contribution is 8.76. The van der Waals surface area contributed by atoms with Crippen LogP contribution in [-0.2, 0) is 4.79 Å². The normalized spacial score (nSPS) is 17.4. The van der Waals surface area contributed by atoms with Crippen LogP contribution >= 0.6 is 21.6 Å². The second-order valence-corrected chi connectivity index (χ2v) is 6.15. The lowest BCUT2D eigenvalue weighted by molar-refractivity contribution is -0.142. The van der Waals surface area contributed by atoms with Crippen LogP contribution in [-0.4, -0.2) is 34.7 Å². The van der Waals surface area contributed by atoms with E-state index in [1.807, 2.05) is 6.26 Å². The molecule has 4 nitrogen and oxygen atoms in total. The summed E-state index contributed by atoms with van der Waals surface area (Å²) in [5.74, 6) is -0.956. The van der Waals surface area contributed by atoms with Crippen LogP contribution in [0.2, 0.25) is 0 Å². The quantitative estimate of drug-likeness (QED) is 0.571. The molecule has 0 radical (unpaired) electrons. The van der Waals surface area contributed by atoms with Gasteiger partial charge in [-0.2, -0.15) is 0 Å². The zero-order valence-corrected chi connectivity index (χ0v) is 10.2. The minimum atomic E-state index is -1.13. The van der Waals surface area contributed by atoms with Crippen molar-refractivity contribution in [3.05, 3.63) is 0 Å². The molecule has 5 N–H and O–H groups in total. The number of carbonyl (C=O) groups is 1. The van der Waals surface area contributed by atoms with Gasteiger partial charge < -0.3 is 16.6 Å². The predicted octanol–water partition coefficient (Wildman–Crippen LogP) is 0.907. The molecule has 0 aliphatic rings. The Balaban J connectivity index is 3.95. The Hall–Kier alpha value is 0.0900. The highest BCUT2D eigenvalue weighted by Gasteiger charge is 2.28. The fraction of sp³-hybridized carbons (Fsp3) is 0.875. The van der Waals surface area contributed by atoms with Gasteiger partial charge in [0, 0.05) is 11.8 Å². The van der Waals surface area contributed by atoms with Crippen LogP contribution in [0.4, 0.5) is 0 Å². The van der Waals surface area contributed by atoms with E-state index in [0.717, 1.165) is 6.42 Å². The van der Waals surface area contributed by atoms with Crippen LogP contribution in [0.15, 0.2) is 0 Å². The first-order valence-electron chi connectivity index (χ1n) is 4.36. The highest BCUT2D eigenvalue weighted by Crippen LogP contribution is 2.27. The molecule has 2 atom stereocenters. The molecule has 0 saturated carbocycles. The van der Waals surface area contributed by atoms with Gasteiger partial charge in [-0.1, -0.05) is 21.6 Å². The SMILES string of the molecule is CSS[C@H](CN)CCC(C)(N)C(=O)O. The number of carboxylic acids is 1. The van der Waals surface area contributed by atoms with E-state index in [4.69, 9.17) is 16.6 Å². The Morgan fingerprint density at radius 1 is 1.64 bits per heavy atom. The van der Waals surface area contributed by atoms with Gasteiger partial charge in [-0.05, 0) is 26.0 Å². The van der Waals surface area contributed by atoms with Gasteiger partial charge in [0.25, 0.3) is 0 Å². The van der Waals surface area contributed by atoms with E-state index in [9.17, 15) is 4.79 Å². The van der Waals surface area contributed by atoms with E-state index >= 15 is 0 Å². The topological polar surface area (TPSA) is 89.3 Å². The lowest BCUT2D eigenvalue weighted by atomic mass is 9.96. The van der Waals surface area contributed by atoms with E-state index in [-0.39, 0.29) is 5.25 Å². The third-order valence-electron chi connectivity index (χ3n) is 1.97.